The van der Waals surface area contributed by atoms with Crippen molar-refractivity contribution < 1.29 is 36.3 Å². The van der Waals surface area contributed by atoms with Crippen LogP contribution in [0.15, 0.2) is 81.6 Å². The van der Waals surface area contributed by atoms with Crippen molar-refractivity contribution in [2.45, 2.75) is 9.79 Å². The first-order valence-corrected chi connectivity index (χ1v) is 12.2. The second-order valence-electron chi connectivity index (χ2n) is 6.55. The average Bonchev–Trinajstić information content (AvgIpc) is 3.08. The Morgan fingerprint density at radius 3 is 1.91 bits per heavy atom. The highest BCUT2D eigenvalue weighted by Crippen LogP contribution is 2.27. The number of carbonyl (C=O) groups is 1. The zero-order valence-corrected chi connectivity index (χ0v) is 19.2. The summed E-state index contributed by atoms with van der Waals surface area (Å²) in [5.74, 6) is 0.877. The lowest BCUT2D eigenvalue weighted by Gasteiger charge is -2.30. The largest absolute Gasteiger partial charge is 0.497 e. The minimum atomic E-state index is -4.36. The van der Waals surface area contributed by atoms with Gasteiger partial charge < -0.3 is 9.47 Å². The summed E-state index contributed by atoms with van der Waals surface area (Å²) in [5.41, 5.74) is 1.37. The first kappa shape index (κ1) is 24.1. The number of nitrogens with zero attached hydrogens (tertiary/aromatic N) is 2. The Morgan fingerprint density at radius 2 is 1.42 bits per heavy atom. The van der Waals surface area contributed by atoms with E-state index in [9.17, 15) is 21.6 Å². The van der Waals surface area contributed by atoms with Crippen molar-refractivity contribution in [1.82, 2.24) is 14.9 Å². The molecule has 33 heavy (non-hydrogen) atoms. The number of hydrazine groups is 1. The van der Waals surface area contributed by atoms with E-state index in [0.717, 1.165) is 18.4 Å². The Morgan fingerprint density at radius 1 is 0.909 bits per heavy atom. The summed E-state index contributed by atoms with van der Waals surface area (Å²) in [5, 5.41) is 9.73. The number of carbonyl (C=O) groups excluding carboxylic acids is 1. The van der Waals surface area contributed by atoms with Crippen molar-refractivity contribution in [3.63, 3.8) is 0 Å². The first-order chi connectivity index (χ1) is 15.6. The zero-order chi connectivity index (χ0) is 24.2. The van der Waals surface area contributed by atoms with Crippen LogP contribution in [0, 0.1) is 0 Å². The molecule has 0 bridgehead atoms. The number of sulfone groups is 1. The summed E-state index contributed by atoms with van der Waals surface area (Å²) in [7, 11) is -5.54. The first-order valence-electron chi connectivity index (χ1n) is 9.32. The smallest absolute Gasteiger partial charge is 0.361 e. The quantitative estimate of drug-likeness (QED) is 0.457. The lowest BCUT2D eigenvalue weighted by atomic mass is 10.3. The molecule has 0 saturated carbocycles. The number of rotatable bonds is 6. The van der Waals surface area contributed by atoms with Crippen LogP contribution in [0.3, 0.4) is 0 Å². The van der Waals surface area contributed by atoms with Crippen LogP contribution in [0.5, 0.6) is 11.5 Å². The number of sulfonamides is 1. The fourth-order valence-electron chi connectivity index (χ4n) is 2.93. The number of benzene rings is 2. The molecule has 3 rings (SSSR count). The van der Waals surface area contributed by atoms with Gasteiger partial charge >= 0.3 is 6.03 Å². The molecule has 0 unspecified atom stereocenters. The molecule has 0 spiro atoms. The predicted molar refractivity (Wildman–Crippen MR) is 116 cm³/mol. The van der Waals surface area contributed by atoms with E-state index in [4.69, 9.17) is 14.7 Å². The van der Waals surface area contributed by atoms with Gasteiger partial charge in [0.15, 0.2) is 0 Å². The van der Waals surface area contributed by atoms with E-state index in [-0.39, 0.29) is 14.7 Å². The molecule has 2 N–H and O–H groups in total. The van der Waals surface area contributed by atoms with Crippen LogP contribution in [0.4, 0.5) is 4.79 Å². The third-order valence-electron chi connectivity index (χ3n) is 4.68. The van der Waals surface area contributed by atoms with Gasteiger partial charge in [-0.2, -0.15) is 12.8 Å². The lowest BCUT2D eigenvalue weighted by Crippen LogP contribution is -2.49. The Hall–Kier alpha value is -3.55. The van der Waals surface area contributed by atoms with E-state index in [1.807, 2.05) is 0 Å². The van der Waals surface area contributed by atoms with Gasteiger partial charge in [-0.05, 0) is 60.7 Å². The maximum Gasteiger partial charge on any atom is 0.361 e. The molecule has 2 aromatic carbocycles. The molecule has 2 aromatic rings. The van der Waals surface area contributed by atoms with Gasteiger partial charge in [0.05, 0.1) is 35.5 Å². The van der Waals surface area contributed by atoms with Gasteiger partial charge in [-0.1, -0.05) is 0 Å². The van der Waals surface area contributed by atoms with Crippen LogP contribution >= 0.6 is 0 Å². The van der Waals surface area contributed by atoms with Crippen molar-refractivity contribution in [2.75, 3.05) is 20.8 Å². The Kier molecular flexibility index (Phi) is 6.95. The van der Waals surface area contributed by atoms with Crippen molar-refractivity contribution in [3.8, 4) is 11.5 Å². The highest BCUT2D eigenvalue weighted by Gasteiger charge is 2.33. The molecule has 0 aromatic heterocycles. The van der Waals surface area contributed by atoms with Crippen LogP contribution in [-0.2, 0) is 19.9 Å². The summed E-state index contributed by atoms with van der Waals surface area (Å²) < 4.78 is 63.2. The van der Waals surface area contributed by atoms with Gasteiger partial charge in [0, 0.05) is 6.20 Å². The molecule has 2 amide bonds. The highest BCUT2D eigenvalue weighted by atomic mass is 32.2. The van der Waals surface area contributed by atoms with Crippen LogP contribution in [0.1, 0.15) is 0 Å². The number of nitrogens with one attached hydrogen (secondary N) is 1. The molecule has 176 valence electrons. The van der Waals surface area contributed by atoms with Crippen molar-refractivity contribution in [1.29, 1.82) is 0 Å². The zero-order valence-electron chi connectivity index (χ0n) is 17.6. The number of hydrogen-bond donors (Lipinski definition) is 2. The van der Waals surface area contributed by atoms with E-state index in [0.29, 0.717) is 20.9 Å². The number of amides is 2. The summed E-state index contributed by atoms with van der Waals surface area (Å²) in [6.45, 7) is -0.473. The molecule has 1 aliphatic heterocycles. The third-order valence-corrected chi connectivity index (χ3v) is 8.18. The second-order valence-corrected chi connectivity index (χ2v) is 10.3. The SMILES string of the molecule is COc1ccc(S(=O)(=O)C2=CCN(C(=O)NO)N(S(=O)(=O)c3ccc(OC)cc3)C=C2)cc1. The molecule has 0 atom stereocenters. The van der Waals surface area contributed by atoms with Gasteiger partial charge in [0.1, 0.15) is 11.5 Å². The van der Waals surface area contributed by atoms with Crippen molar-refractivity contribution in [3.05, 3.63) is 71.8 Å². The Balaban J connectivity index is 2.03. The summed E-state index contributed by atoms with van der Waals surface area (Å²) in [6, 6.07) is 9.83. The Bertz CT molecular complexity index is 1290. The molecular formula is C20H21N3O8S2. The van der Waals surface area contributed by atoms with Gasteiger partial charge in [-0.15, -0.1) is 0 Å². The molecular weight excluding hydrogens is 474 g/mol. The number of allylic oxidation sites excluding steroid dienone is 1. The summed E-state index contributed by atoms with van der Waals surface area (Å²) >= 11 is 0. The normalized spacial score (nSPS) is 14.3. The second kappa shape index (κ2) is 9.52. The van der Waals surface area contributed by atoms with Gasteiger partial charge in [-0.3, -0.25) is 5.21 Å². The fourth-order valence-corrected chi connectivity index (χ4v) is 5.55. The van der Waals surface area contributed by atoms with Crippen LogP contribution in [0.2, 0.25) is 0 Å². The van der Waals surface area contributed by atoms with E-state index in [1.165, 1.54) is 68.2 Å². The van der Waals surface area contributed by atoms with E-state index < -0.39 is 32.4 Å². The molecule has 0 aliphatic carbocycles. The minimum Gasteiger partial charge on any atom is -0.497 e. The number of hydroxylamine groups is 1. The van der Waals surface area contributed by atoms with Crippen LogP contribution in [-0.4, -0.2) is 58.3 Å². The lowest BCUT2D eigenvalue weighted by molar-refractivity contribution is 0.0891. The van der Waals surface area contributed by atoms with E-state index >= 15 is 0 Å². The van der Waals surface area contributed by atoms with Gasteiger partial charge in [0.2, 0.25) is 9.84 Å². The van der Waals surface area contributed by atoms with Crippen LogP contribution in [0.25, 0.3) is 0 Å². The van der Waals surface area contributed by atoms with Gasteiger partial charge in [0.25, 0.3) is 10.0 Å². The third kappa shape index (κ3) is 4.79. The number of urea groups is 1. The van der Waals surface area contributed by atoms with Crippen molar-refractivity contribution >= 4 is 25.9 Å². The van der Waals surface area contributed by atoms with E-state index in [1.54, 1.807) is 0 Å². The average molecular weight is 496 g/mol. The Labute approximate surface area is 191 Å². The van der Waals surface area contributed by atoms with Crippen molar-refractivity contribution in [2.24, 2.45) is 0 Å². The maximum atomic E-state index is 13.2. The number of ether oxygens (including phenoxy) is 2. The predicted octanol–water partition coefficient (Wildman–Crippen LogP) is 1.90. The summed E-state index contributed by atoms with van der Waals surface area (Å²) in [4.78, 5) is 11.7. The minimum absolute atomic E-state index is 0.0520. The number of hydrogen-bond acceptors (Lipinski definition) is 8. The molecule has 1 heterocycles. The monoisotopic (exact) mass is 495 g/mol. The highest BCUT2D eigenvalue weighted by molar-refractivity contribution is 7.95. The summed E-state index contributed by atoms with van der Waals surface area (Å²) in [6.07, 6.45) is 3.15. The van der Waals surface area contributed by atoms with Crippen LogP contribution < -0.4 is 15.0 Å². The molecule has 0 fully saturated rings. The fraction of sp³-hybridized carbons (Fsp3) is 0.150. The maximum absolute atomic E-state index is 13.2. The van der Waals surface area contributed by atoms with E-state index in [2.05, 4.69) is 0 Å². The number of methoxy groups -OCH3 is 2. The molecule has 0 saturated heterocycles. The molecule has 0 radical (unpaired) electrons. The standard InChI is InChI=1S/C20H21N3O8S2/c1-30-15-3-7-17(8-4-15)32(26,27)18-11-13-22(20(24)21-25)23(14-12-18)33(28,29)19-9-5-16(31-2)6-10-19/h3-12,14,25H,13H2,1-2H3,(H,21,24). The topological polar surface area (TPSA) is 143 Å². The van der Waals surface area contributed by atoms with Gasteiger partial charge in [-0.25, -0.2) is 23.7 Å². The molecule has 11 nitrogen and oxygen atoms in total. The molecule has 1 aliphatic rings. The molecule has 13 heteroatoms.